The molecule has 1 unspecified atom stereocenters. The highest BCUT2D eigenvalue weighted by molar-refractivity contribution is 5.61. The van der Waals surface area contributed by atoms with E-state index >= 15 is 0 Å². The number of aromatic nitrogens is 4. The summed E-state index contributed by atoms with van der Waals surface area (Å²) in [4.78, 5) is 0. The third-order valence-corrected chi connectivity index (χ3v) is 2.73. The molecule has 19 heavy (non-hydrogen) atoms. The van der Waals surface area contributed by atoms with E-state index in [9.17, 15) is 4.39 Å². The molecule has 0 aliphatic heterocycles. The Bertz CT molecular complexity index is 557. The summed E-state index contributed by atoms with van der Waals surface area (Å²) in [5.74, 6) is 0.0871. The van der Waals surface area contributed by atoms with Crippen LogP contribution in [0.4, 0.5) is 10.1 Å². The highest BCUT2D eigenvalue weighted by Gasteiger charge is 2.15. The van der Waals surface area contributed by atoms with Gasteiger partial charge in [-0.15, -0.1) is 5.10 Å². The second-order valence-electron chi connectivity index (χ2n) is 4.19. The maximum absolute atomic E-state index is 13.2. The fraction of sp³-hybridized carbons (Fsp3) is 0.417. The molecule has 2 rings (SSSR count). The number of hydrogen-bond donors (Lipinski definition) is 1. The molecular weight excluding hydrogens is 249 g/mol. The van der Waals surface area contributed by atoms with Crippen molar-refractivity contribution in [2.45, 2.75) is 19.9 Å². The monoisotopic (exact) mass is 265 g/mol. The van der Waals surface area contributed by atoms with Crippen molar-refractivity contribution in [1.29, 1.82) is 0 Å². The van der Waals surface area contributed by atoms with E-state index in [1.165, 1.54) is 12.1 Å². The Labute approximate surface area is 110 Å². The molecule has 1 aromatic carbocycles. The van der Waals surface area contributed by atoms with E-state index in [1.807, 2.05) is 13.8 Å². The second kappa shape index (κ2) is 5.75. The molecule has 0 saturated heterocycles. The fourth-order valence-electron chi connectivity index (χ4n) is 1.72. The van der Waals surface area contributed by atoms with Crippen molar-refractivity contribution in [1.82, 2.24) is 20.2 Å². The number of ether oxygens (including phenoxy) is 1. The number of tetrazole rings is 1. The first kappa shape index (κ1) is 13.4. The number of benzene rings is 1. The number of anilines is 1. The summed E-state index contributed by atoms with van der Waals surface area (Å²) in [6.45, 7) is 5.01. The average molecular weight is 265 g/mol. The van der Waals surface area contributed by atoms with Gasteiger partial charge in [0.25, 0.3) is 0 Å². The van der Waals surface area contributed by atoms with Gasteiger partial charge in [-0.3, -0.25) is 0 Å². The summed E-state index contributed by atoms with van der Waals surface area (Å²) in [5.41, 5.74) is 6.30. The van der Waals surface area contributed by atoms with Crippen LogP contribution in [0.2, 0.25) is 0 Å². The minimum Gasteiger partial charge on any atom is -0.396 e. The summed E-state index contributed by atoms with van der Waals surface area (Å²) in [6, 6.07) is 4.40. The van der Waals surface area contributed by atoms with Gasteiger partial charge in [0, 0.05) is 12.2 Å². The first-order valence-electron chi connectivity index (χ1n) is 6.04. The van der Waals surface area contributed by atoms with Gasteiger partial charge in [-0.2, -0.15) is 0 Å². The van der Waals surface area contributed by atoms with E-state index in [0.717, 1.165) is 0 Å². The Kier molecular flexibility index (Phi) is 4.06. The summed E-state index contributed by atoms with van der Waals surface area (Å²) < 4.78 is 20.2. The van der Waals surface area contributed by atoms with Gasteiger partial charge < -0.3 is 10.5 Å². The van der Waals surface area contributed by atoms with Crippen LogP contribution in [0, 0.1) is 5.82 Å². The predicted octanol–water partition coefficient (Wildman–Crippen LogP) is 1.66. The third-order valence-electron chi connectivity index (χ3n) is 2.73. The lowest BCUT2D eigenvalue weighted by molar-refractivity contribution is 0.115. The minimum absolute atomic E-state index is 0.0174. The van der Waals surface area contributed by atoms with E-state index in [1.54, 1.807) is 10.7 Å². The average Bonchev–Trinajstić information content (AvgIpc) is 2.88. The van der Waals surface area contributed by atoms with Crippen LogP contribution >= 0.6 is 0 Å². The van der Waals surface area contributed by atoms with E-state index in [2.05, 4.69) is 15.5 Å². The first-order valence-corrected chi connectivity index (χ1v) is 6.04. The van der Waals surface area contributed by atoms with Crippen LogP contribution in [0.25, 0.3) is 11.4 Å². The number of nitrogen functional groups attached to an aromatic ring is 1. The van der Waals surface area contributed by atoms with Crippen molar-refractivity contribution in [2.75, 3.05) is 18.9 Å². The van der Waals surface area contributed by atoms with Gasteiger partial charge in [0.2, 0.25) is 0 Å². The van der Waals surface area contributed by atoms with Crippen molar-refractivity contribution >= 4 is 5.69 Å². The van der Waals surface area contributed by atoms with E-state index < -0.39 is 5.82 Å². The molecule has 102 valence electrons. The van der Waals surface area contributed by atoms with Gasteiger partial charge in [0.15, 0.2) is 5.82 Å². The highest BCUT2D eigenvalue weighted by atomic mass is 19.1. The Morgan fingerprint density at radius 3 is 2.95 bits per heavy atom. The first-order chi connectivity index (χ1) is 9.13. The lowest BCUT2D eigenvalue weighted by Crippen LogP contribution is -2.15. The fourth-order valence-corrected chi connectivity index (χ4v) is 1.72. The lowest BCUT2D eigenvalue weighted by atomic mass is 10.2. The molecule has 0 fully saturated rings. The molecule has 1 heterocycles. The van der Waals surface area contributed by atoms with Crippen LogP contribution in [0.3, 0.4) is 0 Å². The molecule has 0 amide bonds. The molecular formula is C12H16FN5O. The van der Waals surface area contributed by atoms with E-state index in [0.29, 0.717) is 24.6 Å². The number of nitrogens with two attached hydrogens (primary N) is 1. The summed E-state index contributed by atoms with van der Waals surface area (Å²) in [6.07, 6.45) is 0. The molecule has 0 saturated carbocycles. The van der Waals surface area contributed by atoms with Crippen molar-refractivity contribution in [2.24, 2.45) is 0 Å². The zero-order valence-electron chi connectivity index (χ0n) is 10.9. The van der Waals surface area contributed by atoms with E-state index in [-0.39, 0.29) is 11.7 Å². The Morgan fingerprint density at radius 2 is 2.26 bits per heavy atom. The Balaban J connectivity index is 2.30. The van der Waals surface area contributed by atoms with Crippen LogP contribution in [0.15, 0.2) is 18.2 Å². The quantitative estimate of drug-likeness (QED) is 0.832. The summed E-state index contributed by atoms with van der Waals surface area (Å²) in [5, 5.41) is 11.5. The molecule has 7 heteroatoms. The van der Waals surface area contributed by atoms with Gasteiger partial charge in [-0.05, 0) is 42.5 Å². The van der Waals surface area contributed by atoms with Crippen LogP contribution in [0.5, 0.6) is 0 Å². The molecule has 2 N–H and O–H groups in total. The van der Waals surface area contributed by atoms with Crippen LogP contribution < -0.4 is 5.73 Å². The zero-order valence-corrected chi connectivity index (χ0v) is 10.9. The van der Waals surface area contributed by atoms with Crippen LogP contribution in [0.1, 0.15) is 19.9 Å². The molecule has 6 nitrogen and oxygen atoms in total. The SMILES string of the molecule is CCOCC(C)n1nnnc1-c1ccc(F)c(N)c1. The van der Waals surface area contributed by atoms with Gasteiger partial charge in [-0.25, -0.2) is 9.07 Å². The molecule has 2 aromatic rings. The lowest BCUT2D eigenvalue weighted by Gasteiger charge is -2.13. The molecule has 0 aliphatic rings. The van der Waals surface area contributed by atoms with Gasteiger partial charge in [0.1, 0.15) is 5.82 Å². The molecule has 0 aliphatic carbocycles. The molecule has 0 bridgehead atoms. The maximum atomic E-state index is 13.2. The van der Waals surface area contributed by atoms with Crippen molar-refractivity contribution in [3.8, 4) is 11.4 Å². The van der Waals surface area contributed by atoms with Crippen molar-refractivity contribution in [3.05, 3.63) is 24.0 Å². The van der Waals surface area contributed by atoms with Crippen LogP contribution in [-0.4, -0.2) is 33.4 Å². The van der Waals surface area contributed by atoms with Gasteiger partial charge in [0.05, 0.1) is 18.3 Å². The standard InChI is InChI=1S/C12H16FN5O/c1-3-19-7-8(2)18-12(15-16-17-18)9-4-5-10(13)11(14)6-9/h4-6,8H,3,7,14H2,1-2H3. The molecule has 1 aromatic heterocycles. The van der Waals surface area contributed by atoms with Crippen LogP contribution in [-0.2, 0) is 4.74 Å². The second-order valence-corrected chi connectivity index (χ2v) is 4.19. The van der Waals surface area contributed by atoms with Gasteiger partial charge in [-0.1, -0.05) is 0 Å². The smallest absolute Gasteiger partial charge is 0.182 e. The molecule has 1 atom stereocenters. The maximum Gasteiger partial charge on any atom is 0.182 e. The zero-order chi connectivity index (χ0) is 13.8. The number of rotatable bonds is 5. The predicted molar refractivity (Wildman–Crippen MR) is 68.8 cm³/mol. The largest absolute Gasteiger partial charge is 0.396 e. The van der Waals surface area contributed by atoms with Gasteiger partial charge >= 0.3 is 0 Å². The topological polar surface area (TPSA) is 78.8 Å². The molecule has 0 radical (unpaired) electrons. The summed E-state index contributed by atoms with van der Waals surface area (Å²) in [7, 11) is 0. The number of nitrogens with zero attached hydrogens (tertiary/aromatic N) is 4. The van der Waals surface area contributed by atoms with E-state index in [4.69, 9.17) is 10.5 Å². The van der Waals surface area contributed by atoms with Crippen molar-refractivity contribution in [3.63, 3.8) is 0 Å². The molecule has 0 spiro atoms. The van der Waals surface area contributed by atoms with Crippen molar-refractivity contribution < 1.29 is 9.13 Å². The third kappa shape index (κ3) is 2.87. The Morgan fingerprint density at radius 1 is 1.47 bits per heavy atom. The summed E-state index contributed by atoms with van der Waals surface area (Å²) >= 11 is 0. The number of halogens is 1. The Hall–Kier alpha value is -2.02. The minimum atomic E-state index is -0.454. The number of hydrogen-bond acceptors (Lipinski definition) is 5. The highest BCUT2D eigenvalue weighted by Crippen LogP contribution is 2.22. The normalized spacial score (nSPS) is 12.6.